The minimum atomic E-state index is -0.208. The summed E-state index contributed by atoms with van der Waals surface area (Å²) in [4.78, 5) is 14.1. The van der Waals surface area contributed by atoms with Gasteiger partial charge in [0.25, 0.3) is 0 Å². The summed E-state index contributed by atoms with van der Waals surface area (Å²) in [5, 5.41) is 9.18. The second-order valence-electron chi connectivity index (χ2n) is 5.79. The van der Waals surface area contributed by atoms with Crippen molar-refractivity contribution in [3.63, 3.8) is 0 Å². The van der Waals surface area contributed by atoms with Crippen molar-refractivity contribution in [3.8, 4) is 0 Å². The smallest absolute Gasteiger partial charge is 0.410 e. The molecule has 2 fully saturated rings. The van der Waals surface area contributed by atoms with Gasteiger partial charge in [0.1, 0.15) is 6.61 Å². The van der Waals surface area contributed by atoms with Gasteiger partial charge in [-0.3, -0.25) is 0 Å². The summed E-state index contributed by atoms with van der Waals surface area (Å²) in [6.07, 6.45) is 2.92. The lowest BCUT2D eigenvalue weighted by Crippen LogP contribution is -2.37. The highest BCUT2D eigenvalue weighted by Gasteiger charge is 2.47. The lowest BCUT2D eigenvalue weighted by Gasteiger charge is -2.24. The van der Waals surface area contributed by atoms with E-state index in [9.17, 15) is 9.90 Å². The number of amides is 1. The highest BCUT2D eigenvalue weighted by atomic mass is 16.6. The molecule has 2 aliphatic rings. The highest BCUT2D eigenvalue weighted by molar-refractivity contribution is 5.68. The summed E-state index contributed by atoms with van der Waals surface area (Å²) in [5.74, 6) is 0.870. The third kappa shape index (κ3) is 2.80. The van der Waals surface area contributed by atoms with Gasteiger partial charge in [-0.25, -0.2) is 4.79 Å². The molecule has 0 spiro atoms. The van der Waals surface area contributed by atoms with Gasteiger partial charge in [0.15, 0.2) is 0 Å². The minimum Gasteiger partial charge on any atom is -0.445 e. The van der Waals surface area contributed by atoms with Crippen molar-refractivity contribution in [2.75, 3.05) is 13.2 Å². The number of aliphatic hydroxyl groups excluding tert-OH is 1. The summed E-state index contributed by atoms with van der Waals surface area (Å²) in [6, 6.07) is 10.0. The quantitative estimate of drug-likeness (QED) is 0.918. The molecule has 1 aliphatic carbocycles. The third-order valence-electron chi connectivity index (χ3n) is 4.44. The Morgan fingerprint density at radius 1 is 1.35 bits per heavy atom. The van der Waals surface area contributed by atoms with Crippen LogP contribution in [0.2, 0.25) is 0 Å². The maximum atomic E-state index is 12.2. The van der Waals surface area contributed by atoms with Crippen molar-refractivity contribution < 1.29 is 14.6 Å². The van der Waals surface area contributed by atoms with Crippen LogP contribution in [0.3, 0.4) is 0 Å². The molecule has 1 aliphatic heterocycles. The molecule has 3 atom stereocenters. The van der Waals surface area contributed by atoms with Gasteiger partial charge in [-0.15, -0.1) is 0 Å². The predicted octanol–water partition coefficient (Wildman–Crippen LogP) is 2.42. The van der Waals surface area contributed by atoms with E-state index in [0.29, 0.717) is 18.4 Å². The van der Waals surface area contributed by atoms with E-state index in [4.69, 9.17) is 4.74 Å². The summed E-state index contributed by atoms with van der Waals surface area (Å²) in [6.45, 7) is 1.36. The van der Waals surface area contributed by atoms with Crippen molar-refractivity contribution in [2.24, 2.45) is 11.8 Å². The number of rotatable bonds is 4. The lowest BCUT2D eigenvalue weighted by molar-refractivity contribution is 0.0870. The molecule has 0 aromatic heterocycles. The van der Waals surface area contributed by atoms with E-state index >= 15 is 0 Å². The summed E-state index contributed by atoms with van der Waals surface area (Å²) >= 11 is 0. The van der Waals surface area contributed by atoms with E-state index in [1.165, 1.54) is 0 Å². The summed E-state index contributed by atoms with van der Waals surface area (Å²) in [7, 11) is 0. The van der Waals surface area contributed by atoms with Crippen molar-refractivity contribution in [3.05, 3.63) is 35.9 Å². The molecule has 1 amide bonds. The van der Waals surface area contributed by atoms with Crippen LogP contribution in [-0.4, -0.2) is 35.3 Å². The molecule has 4 nitrogen and oxygen atoms in total. The van der Waals surface area contributed by atoms with Crippen LogP contribution < -0.4 is 0 Å². The molecular formula is C16H21NO3. The largest absolute Gasteiger partial charge is 0.445 e. The van der Waals surface area contributed by atoms with Gasteiger partial charge in [-0.2, -0.15) is 0 Å². The molecule has 1 aromatic rings. The zero-order valence-corrected chi connectivity index (χ0v) is 11.6. The summed E-state index contributed by atoms with van der Waals surface area (Å²) < 4.78 is 5.41. The first-order valence-electron chi connectivity index (χ1n) is 7.38. The van der Waals surface area contributed by atoms with Crippen LogP contribution in [0, 0.1) is 11.8 Å². The Kier molecular flexibility index (Phi) is 3.92. The van der Waals surface area contributed by atoms with Gasteiger partial charge < -0.3 is 14.7 Å². The number of hydrogen-bond donors (Lipinski definition) is 1. The second kappa shape index (κ2) is 5.83. The average Bonchev–Trinajstić information content (AvgIpc) is 3.12. The number of carbonyl (C=O) groups is 1. The van der Waals surface area contributed by atoms with Gasteiger partial charge in [0, 0.05) is 19.2 Å². The molecule has 0 radical (unpaired) electrons. The number of aliphatic hydroxyl groups is 1. The molecule has 1 saturated carbocycles. The normalized spacial score (nSPS) is 28.4. The van der Waals surface area contributed by atoms with Crippen LogP contribution >= 0.6 is 0 Å². The maximum absolute atomic E-state index is 12.2. The fourth-order valence-corrected chi connectivity index (χ4v) is 3.22. The minimum absolute atomic E-state index is 0.208. The van der Waals surface area contributed by atoms with Crippen LogP contribution in [0.4, 0.5) is 4.79 Å². The van der Waals surface area contributed by atoms with Crippen LogP contribution in [-0.2, 0) is 11.3 Å². The van der Waals surface area contributed by atoms with Gasteiger partial charge >= 0.3 is 6.09 Å². The van der Waals surface area contributed by atoms with Gasteiger partial charge in [-0.1, -0.05) is 30.3 Å². The van der Waals surface area contributed by atoms with E-state index in [0.717, 1.165) is 31.4 Å². The fourth-order valence-electron chi connectivity index (χ4n) is 3.22. The first-order chi connectivity index (χ1) is 9.79. The zero-order valence-electron chi connectivity index (χ0n) is 11.6. The predicted molar refractivity (Wildman–Crippen MR) is 75.0 cm³/mol. The van der Waals surface area contributed by atoms with Crippen molar-refractivity contribution in [1.29, 1.82) is 0 Å². The van der Waals surface area contributed by atoms with E-state index < -0.39 is 0 Å². The average molecular weight is 275 g/mol. The Balaban J connectivity index is 1.54. The van der Waals surface area contributed by atoms with E-state index in [1.54, 1.807) is 0 Å². The number of hydrogen-bond acceptors (Lipinski definition) is 3. The molecule has 1 aromatic carbocycles. The molecule has 1 saturated heterocycles. The molecule has 4 heteroatoms. The van der Waals surface area contributed by atoms with Crippen molar-refractivity contribution in [2.45, 2.75) is 31.9 Å². The van der Waals surface area contributed by atoms with Crippen LogP contribution in [0.25, 0.3) is 0 Å². The number of nitrogens with zero attached hydrogens (tertiary/aromatic N) is 1. The zero-order chi connectivity index (χ0) is 13.9. The monoisotopic (exact) mass is 275 g/mol. The molecule has 0 bridgehead atoms. The highest BCUT2D eigenvalue weighted by Crippen LogP contribution is 2.46. The van der Waals surface area contributed by atoms with Gasteiger partial charge in [0.05, 0.1) is 0 Å². The Labute approximate surface area is 119 Å². The first-order valence-corrected chi connectivity index (χ1v) is 7.38. The Morgan fingerprint density at radius 2 is 2.15 bits per heavy atom. The molecular weight excluding hydrogens is 254 g/mol. The van der Waals surface area contributed by atoms with Crippen LogP contribution in [0.15, 0.2) is 30.3 Å². The van der Waals surface area contributed by atoms with Crippen molar-refractivity contribution >= 4 is 6.09 Å². The SMILES string of the molecule is O=C(OCc1ccccc1)N1CCCC1C1CC1CO. The Bertz CT molecular complexity index is 462. The fraction of sp³-hybridized carbons (Fsp3) is 0.562. The first kappa shape index (κ1) is 13.4. The molecule has 1 N–H and O–H groups in total. The van der Waals surface area contributed by atoms with E-state index in [2.05, 4.69) is 0 Å². The van der Waals surface area contributed by atoms with E-state index in [1.807, 2.05) is 35.2 Å². The molecule has 1 heterocycles. The van der Waals surface area contributed by atoms with Crippen LogP contribution in [0.5, 0.6) is 0 Å². The molecule has 20 heavy (non-hydrogen) atoms. The maximum Gasteiger partial charge on any atom is 0.410 e. The topological polar surface area (TPSA) is 49.8 Å². The lowest BCUT2D eigenvalue weighted by atomic mass is 10.1. The van der Waals surface area contributed by atoms with Crippen molar-refractivity contribution in [1.82, 2.24) is 4.90 Å². The number of ether oxygens (including phenoxy) is 1. The molecule has 3 unspecified atom stereocenters. The van der Waals surface area contributed by atoms with E-state index in [-0.39, 0.29) is 18.7 Å². The molecule has 108 valence electrons. The molecule has 3 rings (SSSR count). The standard InChI is InChI=1S/C16H21NO3/c18-10-13-9-14(13)15-7-4-8-17(15)16(19)20-11-12-5-2-1-3-6-12/h1-3,5-6,13-15,18H,4,7-11H2. The van der Waals surface area contributed by atoms with Crippen LogP contribution in [0.1, 0.15) is 24.8 Å². The number of benzene rings is 1. The third-order valence-corrected chi connectivity index (χ3v) is 4.44. The van der Waals surface area contributed by atoms with Gasteiger partial charge in [-0.05, 0) is 36.7 Å². The summed E-state index contributed by atoms with van der Waals surface area (Å²) in [5.41, 5.74) is 1.01. The number of likely N-dealkylation sites (tertiary alicyclic amines) is 1. The van der Waals surface area contributed by atoms with Gasteiger partial charge in [0.2, 0.25) is 0 Å². The number of carbonyl (C=O) groups excluding carboxylic acids is 1. The Hall–Kier alpha value is -1.55. The second-order valence-corrected chi connectivity index (χ2v) is 5.79. The Morgan fingerprint density at radius 3 is 2.85 bits per heavy atom.